The Balaban J connectivity index is 1.83. The lowest BCUT2D eigenvalue weighted by Crippen LogP contribution is -2.16. The van der Waals surface area contributed by atoms with Gasteiger partial charge >= 0.3 is 0 Å². The lowest BCUT2D eigenvalue weighted by molar-refractivity contribution is 0.919. The fraction of sp³-hybridized carbons (Fsp3) is 0.133. The molecule has 0 bridgehead atoms. The van der Waals surface area contributed by atoms with E-state index in [1.165, 1.54) is 16.0 Å². The summed E-state index contributed by atoms with van der Waals surface area (Å²) in [6.45, 7) is 0.880. The minimum atomic E-state index is 0.880. The van der Waals surface area contributed by atoms with E-state index in [0.717, 1.165) is 12.1 Å². The first-order valence-electron chi connectivity index (χ1n) is 5.91. The first-order chi connectivity index (χ1) is 8.83. The second kappa shape index (κ2) is 4.78. The average molecular weight is 254 g/mol. The molecule has 1 aromatic carbocycles. The molecule has 90 valence electrons. The summed E-state index contributed by atoms with van der Waals surface area (Å²) in [6.07, 6.45) is 1.97. The van der Waals surface area contributed by atoms with Crippen LogP contribution in [0, 0.1) is 0 Å². The fourth-order valence-electron chi connectivity index (χ4n) is 2.02. The number of benzene rings is 1. The molecule has 0 atom stereocenters. The van der Waals surface area contributed by atoms with E-state index in [9.17, 15) is 0 Å². The Bertz CT molecular complexity index is 646. The molecule has 0 fully saturated rings. The topological polar surface area (TPSA) is 16.1 Å². The predicted molar refractivity (Wildman–Crippen MR) is 78.2 cm³/mol. The lowest BCUT2D eigenvalue weighted by Gasteiger charge is -2.19. The number of anilines is 1. The molecule has 3 aromatic rings. The smallest absolute Gasteiger partial charge is 0.0809 e. The highest BCUT2D eigenvalue weighted by Gasteiger charge is 2.03. The van der Waals surface area contributed by atoms with Crippen molar-refractivity contribution in [3.63, 3.8) is 0 Å². The number of hydrogen-bond donors (Lipinski definition) is 0. The number of aromatic nitrogens is 1. The van der Waals surface area contributed by atoms with Crippen molar-refractivity contribution in [3.8, 4) is 0 Å². The third kappa shape index (κ3) is 2.22. The van der Waals surface area contributed by atoms with Crippen LogP contribution in [-0.2, 0) is 6.54 Å². The second-order valence-electron chi connectivity index (χ2n) is 4.34. The molecule has 2 nitrogen and oxygen atoms in total. The predicted octanol–water partition coefficient (Wildman–Crippen LogP) is 3.93. The molecule has 0 saturated heterocycles. The summed E-state index contributed by atoms with van der Waals surface area (Å²) < 4.78 is 1.26. The Hall–Kier alpha value is -1.87. The standard InChI is InChI=1S/C15H14N2S/c1-17(13-5-3-2-4-6-13)11-12-9-15-14(16-10-12)7-8-18-15/h2-10H,11H2,1H3. The molecule has 0 saturated carbocycles. The number of hydrogen-bond acceptors (Lipinski definition) is 3. The molecule has 0 aliphatic rings. The zero-order chi connectivity index (χ0) is 12.4. The summed E-state index contributed by atoms with van der Waals surface area (Å²) in [6, 6.07) is 14.7. The first-order valence-corrected chi connectivity index (χ1v) is 6.79. The van der Waals surface area contributed by atoms with Crippen molar-refractivity contribution in [2.75, 3.05) is 11.9 Å². The molecule has 2 heterocycles. The zero-order valence-corrected chi connectivity index (χ0v) is 11.0. The van der Waals surface area contributed by atoms with Crippen molar-refractivity contribution in [1.29, 1.82) is 0 Å². The van der Waals surface area contributed by atoms with Gasteiger partial charge in [0.1, 0.15) is 0 Å². The Morgan fingerprint density at radius 1 is 1.17 bits per heavy atom. The van der Waals surface area contributed by atoms with Gasteiger partial charge in [-0.3, -0.25) is 4.98 Å². The monoisotopic (exact) mass is 254 g/mol. The maximum Gasteiger partial charge on any atom is 0.0809 e. The summed E-state index contributed by atoms with van der Waals surface area (Å²) in [5.74, 6) is 0. The van der Waals surface area contributed by atoms with Gasteiger partial charge in [0.25, 0.3) is 0 Å². The van der Waals surface area contributed by atoms with Gasteiger partial charge in [-0.1, -0.05) is 18.2 Å². The van der Waals surface area contributed by atoms with E-state index in [-0.39, 0.29) is 0 Å². The van der Waals surface area contributed by atoms with Crippen LogP contribution in [0.2, 0.25) is 0 Å². The van der Waals surface area contributed by atoms with Crippen LogP contribution >= 0.6 is 11.3 Å². The minimum Gasteiger partial charge on any atom is -0.370 e. The van der Waals surface area contributed by atoms with Gasteiger partial charge in [0.15, 0.2) is 0 Å². The summed E-state index contributed by atoms with van der Waals surface area (Å²) >= 11 is 1.74. The first kappa shape index (κ1) is 11.2. The fourth-order valence-corrected chi connectivity index (χ4v) is 2.83. The third-order valence-corrected chi connectivity index (χ3v) is 3.83. The Labute approximate surface area is 111 Å². The van der Waals surface area contributed by atoms with Crippen LogP contribution in [0.15, 0.2) is 54.0 Å². The highest BCUT2D eigenvalue weighted by atomic mass is 32.1. The number of thiophene rings is 1. The molecular formula is C15H14N2S. The van der Waals surface area contributed by atoms with E-state index in [0.29, 0.717) is 0 Å². The number of para-hydroxylation sites is 1. The zero-order valence-electron chi connectivity index (χ0n) is 10.2. The van der Waals surface area contributed by atoms with Gasteiger partial charge in [-0.25, -0.2) is 0 Å². The normalized spacial score (nSPS) is 10.7. The van der Waals surface area contributed by atoms with Gasteiger partial charge in [0.05, 0.1) is 10.2 Å². The van der Waals surface area contributed by atoms with Gasteiger partial charge in [-0.2, -0.15) is 0 Å². The van der Waals surface area contributed by atoms with Crippen molar-refractivity contribution in [1.82, 2.24) is 4.98 Å². The molecule has 3 rings (SSSR count). The molecule has 3 heteroatoms. The number of fused-ring (bicyclic) bond motifs is 1. The van der Waals surface area contributed by atoms with Crippen LogP contribution in [-0.4, -0.2) is 12.0 Å². The van der Waals surface area contributed by atoms with E-state index >= 15 is 0 Å². The molecule has 0 amide bonds. The van der Waals surface area contributed by atoms with Crippen molar-refractivity contribution >= 4 is 27.2 Å². The highest BCUT2D eigenvalue weighted by molar-refractivity contribution is 7.17. The van der Waals surface area contributed by atoms with Crippen LogP contribution in [0.5, 0.6) is 0 Å². The summed E-state index contributed by atoms with van der Waals surface area (Å²) in [5.41, 5.74) is 3.56. The molecule has 18 heavy (non-hydrogen) atoms. The second-order valence-corrected chi connectivity index (χ2v) is 5.29. The largest absolute Gasteiger partial charge is 0.370 e. The van der Waals surface area contributed by atoms with Crippen LogP contribution in [0.4, 0.5) is 5.69 Å². The Kier molecular flexibility index (Phi) is 2.99. The maximum absolute atomic E-state index is 4.47. The van der Waals surface area contributed by atoms with Gasteiger partial charge < -0.3 is 4.90 Å². The van der Waals surface area contributed by atoms with E-state index in [1.54, 1.807) is 11.3 Å². The van der Waals surface area contributed by atoms with Crippen LogP contribution < -0.4 is 4.90 Å². The number of rotatable bonds is 3. The molecule has 0 N–H and O–H groups in total. The molecule has 0 aliphatic carbocycles. The third-order valence-electron chi connectivity index (χ3n) is 2.98. The maximum atomic E-state index is 4.47. The van der Waals surface area contributed by atoms with Crippen LogP contribution in [0.3, 0.4) is 0 Å². The Morgan fingerprint density at radius 2 is 2.00 bits per heavy atom. The molecule has 0 radical (unpaired) electrons. The molecule has 0 unspecified atom stereocenters. The van der Waals surface area contributed by atoms with Gasteiger partial charge in [-0.15, -0.1) is 11.3 Å². The molecular weight excluding hydrogens is 240 g/mol. The van der Waals surface area contributed by atoms with Crippen LogP contribution in [0.25, 0.3) is 10.2 Å². The van der Waals surface area contributed by atoms with Gasteiger partial charge in [-0.05, 0) is 35.2 Å². The lowest BCUT2D eigenvalue weighted by atomic mass is 10.2. The van der Waals surface area contributed by atoms with Gasteiger partial charge in [0, 0.05) is 25.5 Å². The van der Waals surface area contributed by atoms with Crippen LogP contribution in [0.1, 0.15) is 5.56 Å². The van der Waals surface area contributed by atoms with E-state index in [4.69, 9.17) is 0 Å². The van der Waals surface area contributed by atoms with E-state index in [2.05, 4.69) is 58.7 Å². The average Bonchev–Trinajstić information content (AvgIpc) is 2.87. The van der Waals surface area contributed by atoms with Crippen molar-refractivity contribution in [2.24, 2.45) is 0 Å². The number of nitrogens with zero attached hydrogens (tertiary/aromatic N) is 2. The molecule has 0 spiro atoms. The molecule has 2 aromatic heterocycles. The van der Waals surface area contributed by atoms with E-state index < -0.39 is 0 Å². The minimum absolute atomic E-state index is 0.880. The van der Waals surface area contributed by atoms with E-state index in [1.807, 2.05) is 12.3 Å². The van der Waals surface area contributed by atoms with Crippen molar-refractivity contribution in [2.45, 2.75) is 6.54 Å². The van der Waals surface area contributed by atoms with Crippen molar-refractivity contribution in [3.05, 3.63) is 59.6 Å². The van der Waals surface area contributed by atoms with Gasteiger partial charge in [0.2, 0.25) is 0 Å². The summed E-state index contributed by atoms with van der Waals surface area (Å²) in [5, 5.41) is 2.09. The quantitative estimate of drug-likeness (QED) is 0.704. The summed E-state index contributed by atoms with van der Waals surface area (Å²) in [7, 11) is 2.11. The summed E-state index contributed by atoms with van der Waals surface area (Å²) in [4.78, 5) is 6.70. The highest BCUT2D eigenvalue weighted by Crippen LogP contribution is 2.21. The number of pyridine rings is 1. The SMILES string of the molecule is CN(Cc1cnc2ccsc2c1)c1ccccc1. The Morgan fingerprint density at radius 3 is 2.83 bits per heavy atom. The van der Waals surface area contributed by atoms with Crippen molar-refractivity contribution < 1.29 is 0 Å². The molecule has 0 aliphatic heterocycles.